The molecule has 114 valence electrons. The van der Waals surface area contributed by atoms with Crippen molar-refractivity contribution < 1.29 is 9.59 Å². The van der Waals surface area contributed by atoms with Crippen LogP contribution in [0.4, 0.5) is 5.82 Å². The van der Waals surface area contributed by atoms with E-state index >= 15 is 0 Å². The summed E-state index contributed by atoms with van der Waals surface area (Å²) in [5.41, 5.74) is 0.271. The maximum atomic E-state index is 12.0. The smallest absolute Gasteiger partial charge is 0.246 e. The quantitative estimate of drug-likeness (QED) is 0.796. The molecule has 0 saturated carbocycles. The summed E-state index contributed by atoms with van der Waals surface area (Å²) in [5.74, 6) is 0.297. The molecule has 0 bridgehead atoms. The molecule has 2 heterocycles. The lowest BCUT2D eigenvalue weighted by Gasteiger charge is -2.40. The van der Waals surface area contributed by atoms with Gasteiger partial charge in [0.15, 0.2) is 0 Å². The van der Waals surface area contributed by atoms with Crippen LogP contribution in [-0.2, 0) is 16.1 Å². The van der Waals surface area contributed by atoms with E-state index in [4.69, 9.17) is 0 Å². The molecule has 0 unspecified atom stereocenters. The number of hydrogen-bond acceptors (Lipinski definition) is 5. The van der Waals surface area contributed by atoms with E-state index in [1.165, 1.54) is 0 Å². The summed E-state index contributed by atoms with van der Waals surface area (Å²) in [4.78, 5) is 29.8. The molecule has 2 amide bonds. The Bertz CT molecular complexity index is 542. The summed E-state index contributed by atoms with van der Waals surface area (Å²) >= 11 is 0. The van der Waals surface area contributed by atoms with Gasteiger partial charge >= 0.3 is 0 Å². The van der Waals surface area contributed by atoms with Gasteiger partial charge in [-0.2, -0.15) is 0 Å². The lowest BCUT2D eigenvalue weighted by Crippen LogP contribution is -2.63. The normalized spacial score (nSPS) is 18.4. The van der Waals surface area contributed by atoms with Crippen LogP contribution in [-0.4, -0.2) is 40.3 Å². The molecule has 1 saturated heterocycles. The van der Waals surface area contributed by atoms with Gasteiger partial charge in [-0.1, -0.05) is 13.0 Å². The van der Waals surface area contributed by atoms with Crippen molar-refractivity contribution in [3.8, 4) is 0 Å². The van der Waals surface area contributed by atoms with Crippen LogP contribution in [0.25, 0.3) is 0 Å². The summed E-state index contributed by atoms with van der Waals surface area (Å²) in [5, 5.41) is 5.66. The van der Waals surface area contributed by atoms with E-state index in [1.807, 2.05) is 30.9 Å². The van der Waals surface area contributed by atoms with E-state index in [0.29, 0.717) is 6.54 Å². The van der Waals surface area contributed by atoms with E-state index in [2.05, 4.69) is 22.5 Å². The Balaban J connectivity index is 2.20. The Morgan fingerprint density at radius 1 is 1.43 bits per heavy atom. The Labute approximate surface area is 124 Å². The van der Waals surface area contributed by atoms with Gasteiger partial charge in [-0.3, -0.25) is 19.8 Å². The molecule has 1 aliphatic rings. The highest BCUT2D eigenvalue weighted by atomic mass is 16.2. The number of rotatable bonds is 5. The van der Waals surface area contributed by atoms with Crippen molar-refractivity contribution in [1.82, 2.24) is 15.2 Å². The number of carbonyl (C=O) groups excluding carboxylic acids is 2. The van der Waals surface area contributed by atoms with Crippen molar-refractivity contribution >= 4 is 17.6 Å². The minimum atomic E-state index is -0.716. The molecule has 0 aromatic carbocycles. The summed E-state index contributed by atoms with van der Waals surface area (Å²) in [6.07, 6.45) is 2.74. The fourth-order valence-corrected chi connectivity index (χ4v) is 2.26. The molecule has 6 nitrogen and oxygen atoms in total. The SMILES string of the molecule is CCCNc1ncccc1CN1CC(=O)NC(=O)C1(C)C. The second kappa shape index (κ2) is 6.22. The Kier molecular flexibility index (Phi) is 4.57. The molecule has 2 N–H and O–H groups in total. The number of aromatic nitrogens is 1. The number of carbonyl (C=O) groups is 2. The number of anilines is 1. The highest BCUT2D eigenvalue weighted by Gasteiger charge is 2.40. The number of nitrogens with zero attached hydrogens (tertiary/aromatic N) is 2. The molecule has 21 heavy (non-hydrogen) atoms. The molecule has 2 rings (SSSR count). The lowest BCUT2D eigenvalue weighted by molar-refractivity contribution is -0.145. The van der Waals surface area contributed by atoms with E-state index in [1.54, 1.807) is 6.20 Å². The largest absolute Gasteiger partial charge is 0.370 e. The molecule has 1 aromatic heterocycles. The van der Waals surface area contributed by atoms with Crippen molar-refractivity contribution in [3.63, 3.8) is 0 Å². The van der Waals surface area contributed by atoms with Crippen molar-refractivity contribution in [1.29, 1.82) is 0 Å². The highest BCUT2D eigenvalue weighted by molar-refractivity contribution is 6.02. The zero-order valence-electron chi connectivity index (χ0n) is 12.8. The van der Waals surface area contributed by atoms with Gasteiger partial charge in [-0.15, -0.1) is 0 Å². The van der Waals surface area contributed by atoms with Crippen LogP contribution in [0.15, 0.2) is 18.3 Å². The van der Waals surface area contributed by atoms with E-state index < -0.39 is 5.54 Å². The van der Waals surface area contributed by atoms with E-state index in [9.17, 15) is 9.59 Å². The first kappa shape index (κ1) is 15.4. The third kappa shape index (κ3) is 3.39. The molecular formula is C15H22N4O2. The molecule has 6 heteroatoms. The van der Waals surface area contributed by atoms with E-state index in [0.717, 1.165) is 24.3 Å². The Morgan fingerprint density at radius 2 is 2.19 bits per heavy atom. The minimum Gasteiger partial charge on any atom is -0.370 e. The lowest BCUT2D eigenvalue weighted by atomic mass is 9.98. The molecule has 0 spiro atoms. The average molecular weight is 290 g/mol. The summed E-state index contributed by atoms with van der Waals surface area (Å²) in [6.45, 7) is 7.29. The van der Waals surface area contributed by atoms with Crippen molar-refractivity contribution in [3.05, 3.63) is 23.9 Å². The van der Waals surface area contributed by atoms with Gasteiger partial charge in [0.1, 0.15) is 5.82 Å². The maximum Gasteiger partial charge on any atom is 0.246 e. The zero-order chi connectivity index (χ0) is 15.5. The Morgan fingerprint density at radius 3 is 2.90 bits per heavy atom. The van der Waals surface area contributed by atoms with Crippen LogP contribution >= 0.6 is 0 Å². The Hall–Kier alpha value is -1.95. The summed E-state index contributed by atoms with van der Waals surface area (Å²) in [7, 11) is 0. The first-order chi connectivity index (χ1) is 9.95. The average Bonchev–Trinajstić information content (AvgIpc) is 2.44. The van der Waals surface area contributed by atoms with Crippen LogP contribution in [0.2, 0.25) is 0 Å². The monoisotopic (exact) mass is 290 g/mol. The second-order valence-corrected chi connectivity index (χ2v) is 5.73. The van der Waals surface area contributed by atoms with Crippen LogP contribution < -0.4 is 10.6 Å². The first-order valence-electron chi connectivity index (χ1n) is 7.22. The number of piperazine rings is 1. The third-order valence-electron chi connectivity index (χ3n) is 3.73. The topological polar surface area (TPSA) is 74.3 Å². The molecule has 0 radical (unpaired) electrons. The van der Waals surface area contributed by atoms with Crippen molar-refractivity contribution in [2.24, 2.45) is 0 Å². The molecule has 0 aliphatic carbocycles. The molecule has 1 aliphatic heterocycles. The van der Waals surface area contributed by atoms with Crippen LogP contribution in [0.3, 0.4) is 0 Å². The van der Waals surface area contributed by atoms with Crippen LogP contribution in [0, 0.1) is 0 Å². The highest BCUT2D eigenvalue weighted by Crippen LogP contribution is 2.23. The number of imide groups is 1. The zero-order valence-corrected chi connectivity index (χ0v) is 12.8. The second-order valence-electron chi connectivity index (χ2n) is 5.73. The van der Waals surface area contributed by atoms with Gasteiger partial charge in [-0.25, -0.2) is 4.98 Å². The van der Waals surface area contributed by atoms with Crippen molar-refractivity contribution in [2.45, 2.75) is 39.3 Å². The summed E-state index contributed by atoms with van der Waals surface area (Å²) in [6, 6.07) is 3.84. The number of pyridine rings is 1. The van der Waals surface area contributed by atoms with E-state index in [-0.39, 0.29) is 18.4 Å². The van der Waals surface area contributed by atoms with Gasteiger partial charge in [0.25, 0.3) is 0 Å². The molecular weight excluding hydrogens is 268 g/mol. The number of hydrogen-bond donors (Lipinski definition) is 2. The number of amides is 2. The summed E-state index contributed by atoms with van der Waals surface area (Å²) < 4.78 is 0. The van der Waals surface area contributed by atoms with Crippen molar-refractivity contribution in [2.75, 3.05) is 18.4 Å². The molecule has 1 fully saturated rings. The van der Waals surface area contributed by atoms with Gasteiger partial charge in [-0.05, 0) is 26.3 Å². The fourth-order valence-electron chi connectivity index (χ4n) is 2.26. The van der Waals surface area contributed by atoms with Gasteiger partial charge < -0.3 is 5.32 Å². The maximum absolute atomic E-state index is 12.0. The fraction of sp³-hybridized carbons (Fsp3) is 0.533. The third-order valence-corrected chi connectivity index (χ3v) is 3.73. The molecule has 1 aromatic rings. The van der Waals surface area contributed by atoms with Gasteiger partial charge in [0, 0.05) is 24.8 Å². The first-order valence-corrected chi connectivity index (χ1v) is 7.22. The number of nitrogens with one attached hydrogen (secondary N) is 2. The van der Waals surface area contributed by atoms with Crippen LogP contribution in [0.1, 0.15) is 32.8 Å². The van der Waals surface area contributed by atoms with Gasteiger partial charge in [0.05, 0.1) is 12.1 Å². The predicted molar refractivity (Wildman–Crippen MR) is 80.7 cm³/mol. The minimum absolute atomic E-state index is 0.209. The molecule has 0 atom stereocenters. The predicted octanol–water partition coefficient (Wildman–Crippen LogP) is 1.14. The standard InChI is InChI=1S/C15H22N4O2/c1-4-7-16-13-11(6-5-8-17-13)9-19-10-12(20)18-14(21)15(19,2)3/h5-6,8H,4,7,9-10H2,1-3H3,(H,16,17)(H,18,20,21). The van der Waals surface area contributed by atoms with Gasteiger partial charge in [0.2, 0.25) is 11.8 Å². The van der Waals surface area contributed by atoms with Crippen LogP contribution in [0.5, 0.6) is 0 Å².